The molecule has 2 aromatic rings. The molecular formula is C17H16ClN5. The SMILES string of the molecule is Cl.N#Cc1cc(C#N)c(N2CCNCC2)nc1-c1ccccc1. The second-order valence-electron chi connectivity index (χ2n) is 5.08. The van der Waals surface area contributed by atoms with Gasteiger partial charge in [0.25, 0.3) is 0 Å². The largest absolute Gasteiger partial charge is 0.353 e. The van der Waals surface area contributed by atoms with E-state index in [1.807, 2.05) is 30.3 Å². The highest BCUT2D eigenvalue weighted by Crippen LogP contribution is 2.27. The standard InChI is InChI=1S/C17H15N5.ClH/c18-11-14-10-15(12-19)17(22-8-6-20-7-9-22)21-16(14)13-4-2-1-3-5-13;/h1-5,10,20H,6-9H2;1H. The summed E-state index contributed by atoms with van der Waals surface area (Å²) in [6, 6.07) is 15.6. The maximum absolute atomic E-state index is 9.39. The number of aromatic nitrogens is 1. The molecule has 0 radical (unpaired) electrons. The predicted molar refractivity (Wildman–Crippen MR) is 91.4 cm³/mol. The fourth-order valence-corrected chi connectivity index (χ4v) is 2.60. The molecule has 1 aliphatic rings. The van der Waals surface area contributed by atoms with E-state index in [9.17, 15) is 10.5 Å². The molecule has 1 aromatic heterocycles. The van der Waals surface area contributed by atoms with Crippen LogP contribution >= 0.6 is 12.4 Å². The minimum Gasteiger partial charge on any atom is -0.353 e. The van der Waals surface area contributed by atoms with Gasteiger partial charge in [-0.15, -0.1) is 12.4 Å². The molecule has 23 heavy (non-hydrogen) atoms. The van der Waals surface area contributed by atoms with Crippen molar-refractivity contribution in [2.45, 2.75) is 0 Å². The van der Waals surface area contributed by atoms with Crippen molar-refractivity contribution in [3.8, 4) is 23.4 Å². The summed E-state index contributed by atoms with van der Waals surface area (Å²) in [5, 5.41) is 22.1. The summed E-state index contributed by atoms with van der Waals surface area (Å²) in [6.45, 7) is 3.35. The van der Waals surface area contributed by atoms with E-state index in [1.165, 1.54) is 0 Å². The molecule has 0 unspecified atom stereocenters. The third kappa shape index (κ3) is 3.43. The average molecular weight is 326 g/mol. The minimum atomic E-state index is 0. The van der Waals surface area contributed by atoms with Crippen molar-refractivity contribution in [2.75, 3.05) is 31.1 Å². The summed E-state index contributed by atoms with van der Waals surface area (Å²) in [7, 11) is 0. The Balaban J connectivity index is 0.00000192. The minimum absolute atomic E-state index is 0. The Kier molecular flexibility index (Phi) is 5.54. The van der Waals surface area contributed by atoms with Gasteiger partial charge in [-0.3, -0.25) is 0 Å². The summed E-state index contributed by atoms with van der Waals surface area (Å²) in [5.74, 6) is 0.668. The number of nitriles is 2. The zero-order valence-corrected chi connectivity index (χ0v) is 13.3. The molecule has 1 aliphatic heterocycles. The lowest BCUT2D eigenvalue weighted by Crippen LogP contribution is -2.44. The van der Waals surface area contributed by atoms with E-state index >= 15 is 0 Å². The average Bonchev–Trinajstić information content (AvgIpc) is 2.62. The second-order valence-corrected chi connectivity index (χ2v) is 5.08. The molecule has 0 atom stereocenters. The van der Waals surface area contributed by atoms with Crippen molar-refractivity contribution in [3.63, 3.8) is 0 Å². The summed E-state index contributed by atoms with van der Waals surface area (Å²) in [6.07, 6.45) is 0. The first-order valence-electron chi connectivity index (χ1n) is 7.20. The smallest absolute Gasteiger partial charge is 0.147 e. The van der Waals surface area contributed by atoms with Gasteiger partial charge in [-0.1, -0.05) is 30.3 Å². The number of anilines is 1. The summed E-state index contributed by atoms with van der Waals surface area (Å²) in [5.41, 5.74) is 2.41. The first-order valence-corrected chi connectivity index (χ1v) is 7.20. The lowest BCUT2D eigenvalue weighted by atomic mass is 10.0. The number of pyridine rings is 1. The van der Waals surface area contributed by atoms with Crippen LogP contribution in [0.5, 0.6) is 0 Å². The Morgan fingerprint density at radius 3 is 2.26 bits per heavy atom. The number of nitrogens with one attached hydrogen (secondary N) is 1. The number of halogens is 1. The highest BCUT2D eigenvalue weighted by Gasteiger charge is 2.19. The molecule has 6 heteroatoms. The molecule has 0 bridgehead atoms. The Morgan fingerprint density at radius 2 is 1.65 bits per heavy atom. The first-order chi connectivity index (χ1) is 10.8. The van der Waals surface area contributed by atoms with Crippen LogP contribution in [-0.4, -0.2) is 31.2 Å². The van der Waals surface area contributed by atoms with Crippen molar-refractivity contribution in [1.82, 2.24) is 10.3 Å². The molecule has 1 saturated heterocycles. The van der Waals surface area contributed by atoms with Gasteiger partial charge in [-0.05, 0) is 6.07 Å². The first kappa shape index (κ1) is 16.8. The van der Waals surface area contributed by atoms with Crippen molar-refractivity contribution >= 4 is 18.2 Å². The van der Waals surface area contributed by atoms with E-state index in [-0.39, 0.29) is 12.4 Å². The van der Waals surface area contributed by atoms with Crippen LogP contribution in [0.4, 0.5) is 5.82 Å². The van der Waals surface area contributed by atoms with Gasteiger partial charge in [0.2, 0.25) is 0 Å². The Bertz CT molecular complexity index is 755. The van der Waals surface area contributed by atoms with Gasteiger partial charge in [0, 0.05) is 31.7 Å². The number of hydrogen-bond acceptors (Lipinski definition) is 5. The highest BCUT2D eigenvalue weighted by atomic mass is 35.5. The fourth-order valence-electron chi connectivity index (χ4n) is 2.60. The van der Waals surface area contributed by atoms with Crippen LogP contribution in [0.15, 0.2) is 36.4 Å². The number of nitrogens with zero attached hydrogens (tertiary/aromatic N) is 4. The third-order valence-electron chi connectivity index (χ3n) is 3.71. The van der Waals surface area contributed by atoms with Crippen LogP contribution in [-0.2, 0) is 0 Å². The van der Waals surface area contributed by atoms with Crippen molar-refractivity contribution < 1.29 is 0 Å². The van der Waals surface area contributed by atoms with Crippen molar-refractivity contribution in [2.24, 2.45) is 0 Å². The van der Waals surface area contributed by atoms with Crippen LogP contribution in [0, 0.1) is 22.7 Å². The fraction of sp³-hybridized carbons (Fsp3) is 0.235. The number of hydrogen-bond donors (Lipinski definition) is 1. The Hall–Kier alpha value is -2.60. The van der Waals surface area contributed by atoms with Gasteiger partial charge >= 0.3 is 0 Å². The Morgan fingerprint density at radius 1 is 1.00 bits per heavy atom. The zero-order valence-electron chi connectivity index (χ0n) is 12.5. The zero-order chi connectivity index (χ0) is 15.4. The number of benzene rings is 1. The van der Waals surface area contributed by atoms with Crippen molar-refractivity contribution in [3.05, 3.63) is 47.5 Å². The molecule has 1 aromatic carbocycles. The topological polar surface area (TPSA) is 75.7 Å². The van der Waals surface area contributed by atoms with Crippen LogP contribution in [0.3, 0.4) is 0 Å². The molecule has 0 aliphatic carbocycles. The number of rotatable bonds is 2. The van der Waals surface area contributed by atoms with E-state index in [2.05, 4.69) is 27.3 Å². The summed E-state index contributed by atoms with van der Waals surface area (Å²) >= 11 is 0. The molecule has 5 nitrogen and oxygen atoms in total. The van der Waals surface area contributed by atoms with E-state index in [1.54, 1.807) is 6.07 Å². The quantitative estimate of drug-likeness (QED) is 0.917. The van der Waals surface area contributed by atoms with Gasteiger partial charge in [-0.2, -0.15) is 10.5 Å². The molecular weight excluding hydrogens is 310 g/mol. The molecule has 0 saturated carbocycles. The van der Waals surface area contributed by atoms with Gasteiger partial charge < -0.3 is 10.2 Å². The highest BCUT2D eigenvalue weighted by molar-refractivity contribution is 5.85. The molecule has 116 valence electrons. The monoisotopic (exact) mass is 325 g/mol. The molecule has 1 N–H and O–H groups in total. The van der Waals surface area contributed by atoms with Gasteiger partial charge in [-0.25, -0.2) is 4.98 Å². The second kappa shape index (κ2) is 7.60. The number of piperazine rings is 1. The maximum atomic E-state index is 9.39. The van der Waals surface area contributed by atoms with Gasteiger partial charge in [0.05, 0.1) is 16.8 Å². The summed E-state index contributed by atoms with van der Waals surface area (Å²) < 4.78 is 0. The van der Waals surface area contributed by atoms with Crippen LogP contribution < -0.4 is 10.2 Å². The molecule has 2 heterocycles. The summed E-state index contributed by atoms with van der Waals surface area (Å²) in [4.78, 5) is 6.76. The van der Waals surface area contributed by atoms with Crippen molar-refractivity contribution in [1.29, 1.82) is 10.5 Å². The van der Waals surface area contributed by atoms with E-state index in [4.69, 9.17) is 0 Å². The van der Waals surface area contributed by atoms with Crippen LogP contribution in [0.25, 0.3) is 11.3 Å². The maximum Gasteiger partial charge on any atom is 0.147 e. The molecule has 1 fully saturated rings. The van der Waals surface area contributed by atoms with Crippen LogP contribution in [0.2, 0.25) is 0 Å². The van der Waals surface area contributed by atoms with Gasteiger partial charge in [0.15, 0.2) is 0 Å². The molecule has 0 spiro atoms. The lowest BCUT2D eigenvalue weighted by molar-refractivity contribution is 0.585. The lowest BCUT2D eigenvalue weighted by Gasteiger charge is -2.29. The van der Waals surface area contributed by atoms with Gasteiger partial charge in [0.1, 0.15) is 18.0 Å². The normalized spacial score (nSPS) is 13.6. The van der Waals surface area contributed by atoms with E-state index < -0.39 is 0 Å². The Labute approximate surface area is 141 Å². The molecule has 0 amide bonds. The predicted octanol–water partition coefficient (Wildman–Crippen LogP) is 2.32. The van der Waals surface area contributed by atoms with E-state index in [0.29, 0.717) is 22.6 Å². The van der Waals surface area contributed by atoms with Crippen LogP contribution in [0.1, 0.15) is 11.1 Å². The van der Waals surface area contributed by atoms with E-state index in [0.717, 1.165) is 31.7 Å². The molecule has 3 rings (SSSR count). The third-order valence-corrected chi connectivity index (χ3v) is 3.71.